The quantitative estimate of drug-likeness (QED) is 0.496. The molecule has 0 heterocycles. The smallest absolute Gasteiger partial charge is 0.327 e. The zero-order valence-electron chi connectivity index (χ0n) is 13.1. The molecule has 0 amide bonds. The minimum Gasteiger partial charge on any atom is -0.465 e. The molecule has 0 saturated heterocycles. The van der Waals surface area contributed by atoms with E-state index >= 15 is 0 Å². The van der Waals surface area contributed by atoms with Gasteiger partial charge in [0.05, 0.1) is 6.61 Å². The summed E-state index contributed by atoms with van der Waals surface area (Å²) in [6.07, 6.45) is 5.99. The highest BCUT2D eigenvalue weighted by molar-refractivity contribution is 7.99. The van der Waals surface area contributed by atoms with E-state index in [9.17, 15) is 4.79 Å². The van der Waals surface area contributed by atoms with Crippen molar-refractivity contribution in [2.24, 2.45) is 11.8 Å². The third-order valence-corrected chi connectivity index (χ3v) is 5.31. The van der Waals surface area contributed by atoms with Gasteiger partial charge in [-0.2, -0.15) is 11.8 Å². The molecule has 2 saturated carbocycles. The fourth-order valence-corrected chi connectivity index (χ4v) is 4.08. The van der Waals surface area contributed by atoms with Crippen LogP contribution in [-0.4, -0.2) is 35.7 Å². The van der Waals surface area contributed by atoms with Gasteiger partial charge >= 0.3 is 5.97 Å². The Morgan fingerprint density at radius 3 is 2.55 bits per heavy atom. The topological polar surface area (TPSA) is 38.3 Å². The number of hydrogen-bond donors (Lipinski definition) is 1. The van der Waals surface area contributed by atoms with Crippen molar-refractivity contribution in [2.45, 2.75) is 64.5 Å². The molecule has 0 radical (unpaired) electrons. The average molecular weight is 299 g/mol. The van der Waals surface area contributed by atoms with Gasteiger partial charge in [-0.05, 0) is 56.6 Å². The van der Waals surface area contributed by atoms with Crippen LogP contribution in [0.25, 0.3) is 0 Å². The first-order valence-electron chi connectivity index (χ1n) is 8.11. The molecule has 2 aliphatic rings. The molecule has 0 aliphatic heterocycles. The first-order chi connectivity index (χ1) is 9.58. The lowest BCUT2D eigenvalue weighted by Crippen LogP contribution is -2.58. The molecular weight excluding hydrogens is 270 g/mol. The van der Waals surface area contributed by atoms with Gasteiger partial charge in [-0.1, -0.05) is 13.8 Å². The van der Waals surface area contributed by atoms with E-state index in [1.807, 2.05) is 18.7 Å². The predicted octanol–water partition coefficient (Wildman–Crippen LogP) is 3.23. The van der Waals surface area contributed by atoms with Gasteiger partial charge in [-0.3, -0.25) is 10.1 Å². The standard InChI is InChI=1S/C16H29NO2S/c1-4-19-15(18)16(13-5-6-13,17-14-7-8-14)11-20-10-9-12(2)3/h12-14,17H,4-11H2,1-3H3. The third-order valence-electron chi connectivity index (χ3n) is 4.12. The highest BCUT2D eigenvalue weighted by atomic mass is 32.2. The van der Waals surface area contributed by atoms with Gasteiger partial charge in [-0.25, -0.2) is 0 Å². The van der Waals surface area contributed by atoms with Crippen molar-refractivity contribution in [1.82, 2.24) is 5.32 Å². The fraction of sp³-hybridized carbons (Fsp3) is 0.938. The van der Waals surface area contributed by atoms with Crippen molar-refractivity contribution in [2.75, 3.05) is 18.1 Å². The maximum absolute atomic E-state index is 12.5. The first kappa shape index (κ1) is 16.2. The molecule has 3 nitrogen and oxygen atoms in total. The summed E-state index contributed by atoms with van der Waals surface area (Å²) in [6.45, 7) is 6.89. The highest BCUT2D eigenvalue weighted by Crippen LogP contribution is 2.44. The van der Waals surface area contributed by atoms with Crippen molar-refractivity contribution in [1.29, 1.82) is 0 Å². The monoisotopic (exact) mass is 299 g/mol. The van der Waals surface area contributed by atoms with Crippen molar-refractivity contribution < 1.29 is 9.53 Å². The van der Waals surface area contributed by atoms with E-state index in [2.05, 4.69) is 19.2 Å². The summed E-state index contributed by atoms with van der Waals surface area (Å²) in [5.41, 5.74) is -0.404. The van der Waals surface area contributed by atoms with E-state index in [-0.39, 0.29) is 5.97 Å². The van der Waals surface area contributed by atoms with E-state index in [0.29, 0.717) is 18.6 Å². The number of ether oxygens (including phenoxy) is 1. The van der Waals surface area contributed by atoms with Crippen molar-refractivity contribution in [3.05, 3.63) is 0 Å². The lowest BCUT2D eigenvalue weighted by Gasteiger charge is -2.33. The zero-order chi connectivity index (χ0) is 14.6. The first-order valence-corrected chi connectivity index (χ1v) is 9.26. The maximum Gasteiger partial charge on any atom is 0.327 e. The van der Waals surface area contributed by atoms with E-state index in [0.717, 1.165) is 17.4 Å². The number of carbonyl (C=O) groups is 1. The van der Waals surface area contributed by atoms with Crippen LogP contribution < -0.4 is 5.32 Å². The Kier molecular flexibility index (Phi) is 5.79. The molecule has 2 aliphatic carbocycles. The van der Waals surface area contributed by atoms with Gasteiger partial charge in [0.15, 0.2) is 0 Å². The van der Waals surface area contributed by atoms with Crippen LogP contribution in [-0.2, 0) is 9.53 Å². The minimum atomic E-state index is -0.404. The summed E-state index contributed by atoms with van der Waals surface area (Å²) in [4.78, 5) is 12.5. The molecule has 4 heteroatoms. The maximum atomic E-state index is 12.5. The molecule has 0 aromatic heterocycles. The van der Waals surface area contributed by atoms with Crippen LogP contribution in [0.15, 0.2) is 0 Å². The van der Waals surface area contributed by atoms with Gasteiger partial charge in [0, 0.05) is 11.8 Å². The Morgan fingerprint density at radius 2 is 2.05 bits per heavy atom. The lowest BCUT2D eigenvalue weighted by atomic mass is 9.95. The largest absolute Gasteiger partial charge is 0.465 e. The summed E-state index contributed by atoms with van der Waals surface area (Å²) in [6, 6.07) is 0.547. The van der Waals surface area contributed by atoms with Crippen LogP contribution in [0.5, 0.6) is 0 Å². The number of rotatable bonds is 10. The second-order valence-corrected chi connectivity index (χ2v) is 7.72. The van der Waals surface area contributed by atoms with Crippen LogP contribution in [0, 0.1) is 11.8 Å². The Hall–Kier alpha value is -0.220. The molecule has 1 unspecified atom stereocenters. The number of esters is 1. The highest BCUT2D eigenvalue weighted by Gasteiger charge is 2.53. The van der Waals surface area contributed by atoms with Crippen LogP contribution in [0.1, 0.15) is 52.9 Å². The third kappa shape index (κ3) is 4.39. The van der Waals surface area contributed by atoms with Crippen LogP contribution in [0.4, 0.5) is 0 Å². The molecule has 0 aromatic rings. The van der Waals surface area contributed by atoms with Gasteiger partial charge in [0.2, 0.25) is 0 Å². The summed E-state index contributed by atoms with van der Waals surface area (Å²) in [5, 5.41) is 3.64. The Bertz CT molecular complexity index is 326. The molecular formula is C16H29NO2S. The molecule has 2 fully saturated rings. The molecule has 2 rings (SSSR count). The van der Waals surface area contributed by atoms with Crippen molar-refractivity contribution in [3.8, 4) is 0 Å². The molecule has 0 spiro atoms. The predicted molar refractivity (Wildman–Crippen MR) is 85.0 cm³/mol. The summed E-state index contributed by atoms with van der Waals surface area (Å²) in [5.74, 6) is 3.23. The van der Waals surface area contributed by atoms with E-state index in [1.54, 1.807) is 0 Å². The Balaban J connectivity index is 1.95. The summed E-state index contributed by atoms with van der Waals surface area (Å²) < 4.78 is 5.40. The number of hydrogen-bond acceptors (Lipinski definition) is 4. The van der Waals surface area contributed by atoms with Crippen LogP contribution >= 0.6 is 11.8 Å². The second kappa shape index (κ2) is 7.17. The van der Waals surface area contributed by atoms with Crippen molar-refractivity contribution >= 4 is 17.7 Å². The van der Waals surface area contributed by atoms with Crippen LogP contribution in [0.3, 0.4) is 0 Å². The Morgan fingerprint density at radius 1 is 1.35 bits per heavy atom. The lowest BCUT2D eigenvalue weighted by molar-refractivity contribution is -0.151. The van der Waals surface area contributed by atoms with Crippen molar-refractivity contribution in [3.63, 3.8) is 0 Å². The molecule has 20 heavy (non-hydrogen) atoms. The SMILES string of the molecule is CCOC(=O)C(CSCCC(C)C)(NC1CC1)C1CC1. The molecule has 116 valence electrons. The molecule has 0 bridgehead atoms. The van der Waals surface area contributed by atoms with Gasteiger partial charge in [0.1, 0.15) is 5.54 Å². The fourth-order valence-electron chi connectivity index (χ4n) is 2.54. The van der Waals surface area contributed by atoms with E-state index < -0.39 is 5.54 Å². The normalized spacial score (nSPS) is 21.8. The molecule has 1 atom stereocenters. The average Bonchev–Trinajstić information content (AvgIpc) is 3.26. The molecule has 1 N–H and O–H groups in total. The summed E-state index contributed by atoms with van der Waals surface area (Å²) >= 11 is 1.92. The van der Waals surface area contributed by atoms with Gasteiger partial charge < -0.3 is 4.74 Å². The molecule has 0 aromatic carbocycles. The summed E-state index contributed by atoms with van der Waals surface area (Å²) in [7, 11) is 0. The minimum absolute atomic E-state index is 0.00792. The number of nitrogens with one attached hydrogen (secondary N) is 1. The van der Waals surface area contributed by atoms with Gasteiger partial charge in [0.25, 0.3) is 0 Å². The Labute approximate surface area is 127 Å². The zero-order valence-corrected chi connectivity index (χ0v) is 13.9. The van der Waals surface area contributed by atoms with Gasteiger partial charge in [-0.15, -0.1) is 0 Å². The van der Waals surface area contributed by atoms with E-state index in [4.69, 9.17) is 4.74 Å². The second-order valence-electron chi connectivity index (χ2n) is 6.62. The number of carbonyl (C=O) groups excluding carboxylic acids is 1. The number of thioether (sulfide) groups is 1. The van der Waals surface area contributed by atoms with E-state index in [1.165, 1.54) is 32.1 Å². The van der Waals surface area contributed by atoms with Crippen LogP contribution in [0.2, 0.25) is 0 Å².